The van der Waals surface area contributed by atoms with Crippen LogP contribution in [0.15, 0.2) is 0 Å². The lowest BCUT2D eigenvalue weighted by molar-refractivity contribution is 0.194. The lowest BCUT2D eigenvalue weighted by Crippen LogP contribution is -2.52. The van der Waals surface area contributed by atoms with Crippen molar-refractivity contribution in [3.05, 3.63) is 0 Å². The first-order chi connectivity index (χ1) is 6.25. The Labute approximate surface area is 78.7 Å². The van der Waals surface area contributed by atoms with Crippen molar-refractivity contribution in [2.45, 2.75) is 31.3 Å². The molecule has 2 rings (SSSR count). The van der Waals surface area contributed by atoms with E-state index in [1.165, 1.54) is 6.42 Å². The fourth-order valence-electron chi connectivity index (χ4n) is 1.43. The topological polar surface area (TPSA) is 44.4 Å². The molecule has 13 heavy (non-hydrogen) atoms. The van der Waals surface area contributed by atoms with Crippen LogP contribution in [0, 0.1) is 0 Å². The maximum absolute atomic E-state index is 11.5. The molecule has 2 N–H and O–H groups in total. The maximum Gasteiger partial charge on any atom is 0.317 e. The average molecular weight is 183 g/mol. The zero-order chi connectivity index (χ0) is 9.26. The van der Waals surface area contributed by atoms with E-state index in [0.29, 0.717) is 12.1 Å². The Hall–Kier alpha value is -0.770. The molecule has 1 aliphatic carbocycles. The molecule has 0 spiro atoms. The molecule has 74 valence electrons. The molecule has 4 nitrogen and oxygen atoms in total. The van der Waals surface area contributed by atoms with Crippen molar-refractivity contribution in [3.8, 4) is 0 Å². The van der Waals surface area contributed by atoms with Crippen LogP contribution >= 0.6 is 0 Å². The first-order valence-corrected chi connectivity index (χ1v) is 5.01. The van der Waals surface area contributed by atoms with E-state index in [1.54, 1.807) is 4.90 Å². The Morgan fingerprint density at radius 1 is 1.54 bits per heavy atom. The van der Waals surface area contributed by atoms with Gasteiger partial charge in [-0.25, -0.2) is 4.79 Å². The Morgan fingerprint density at radius 3 is 2.69 bits per heavy atom. The van der Waals surface area contributed by atoms with Gasteiger partial charge in [-0.3, -0.25) is 0 Å². The van der Waals surface area contributed by atoms with E-state index in [9.17, 15) is 4.79 Å². The molecule has 0 radical (unpaired) electrons. The lowest BCUT2D eigenvalue weighted by Gasteiger charge is -2.31. The van der Waals surface area contributed by atoms with E-state index in [4.69, 9.17) is 0 Å². The summed E-state index contributed by atoms with van der Waals surface area (Å²) in [5.41, 5.74) is 0. The molecular formula is C9H17N3O. The number of hydrogen-bond acceptors (Lipinski definition) is 2. The van der Waals surface area contributed by atoms with Gasteiger partial charge in [0.15, 0.2) is 0 Å². The van der Waals surface area contributed by atoms with E-state index in [2.05, 4.69) is 10.6 Å². The van der Waals surface area contributed by atoms with Gasteiger partial charge < -0.3 is 15.5 Å². The fraction of sp³-hybridized carbons (Fsp3) is 0.889. The molecule has 1 heterocycles. The number of urea groups is 1. The summed E-state index contributed by atoms with van der Waals surface area (Å²) in [6, 6.07) is 1.07. The predicted molar refractivity (Wildman–Crippen MR) is 50.6 cm³/mol. The van der Waals surface area contributed by atoms with E-state index < -0.39 is 0 Å². The van der Waals surface area contributed by atoms with Gasteiger partial charge >= 0.3 is 6.03 Å². The third-order valence-electron chi connectivity index (χ3n) is 2.67. The Balaban J connectivity index is 1.67. The summed E-state index contributed by atoms with van der Waals surface area (Å²) >= 11 is 0. The number of rotatable bonds is 3. The second-order valence-electron chi connectivity index (χ2n) is 4.04. The highest BCUT2D eigenvalue weighted by Gasteiger charge is 2.26. The van der Waals surface area contributed by atoms with Gasteiger partial charge in [0.2, 0.25) is 0 Å². The van der Waals surface area contributed by atoms with Gasteiger partial charge in [-0.05, 0) is 25.8 Å². The van der Waals surface area contributed by atoms with Crippen molar-refractivity contribution >= 4 is 6.03 Å². The first kappa shape index (κ1) is 8.81. The van der Waals surface area contributed by atoms with Crippen LogP contribution in [-0.2, 0) is 0 Å². The molecule has 1 saturated carbocycles. The summed E-state index contributed by atoms with van der Waals surface area (Å²) in [5, 5.41) is 6.24. The second-order valence-corrected chi connectivity index (χ2v) is 4.04. The van der Waals surface area contributed by atoms with Crippen molar-refractivity contribution in [2.24, 2.45) is 0 Å². The normalized spacial score (nSPS) is 26.4. The smallest absolute Gasteiger partial charge is 0.317 e. The van der Waals surface area contributed by atoms with E-state index in [1.807, 2.05) is 7.05 Å². The summed E-state index contributed by atoms with van der Waals surface area (Å²) in [4.78, 5) is 13.2. The summed E-state index contributed by atoms with van der Waals surface area (Å²) < 4.78 is 0. The van der Waals surface area contributed by atoms with Gasteiger partial charge in [0.25, 0.3) is 0 Å². The fourth-order valence-corrected chi connectivity index (χ4v) is 1.43. The van der Waals surface area contributed by atoms with Crippen LogP contribution in [0.1, 0.15) is 19.3 Å². The molecule has 0 aromatic carbocycles. The van der Waals surface area contributed by atoms with Gasteiger partial charge in [-0.15, -0.1) is 0 Å². The third kappa shape index (κ3) is 2.34. The minimum absolute atomic E-state index is 0.0798. The minimum Gasteiger partial charge on any atom is -0.335 e. The van der Waals surface area contributed by atoms with Crippen LogP contribution in [0.4, 0.5) is 4.79 Å². The molecule has 4 heteroatoms. The van der Waals surface area contributed by atoms with Crippen LogP contribution in [0.25, 0.3) is 0 Å². The molecular weight excluding hydrogens is 166 g/mol. The number of hydrogen-bond donors (Lipinski definition) is 2. The van der Waals surface area contributed by atoms with Crippen molar-refractivity contribution in [1.82, 2.24) is 15.5 Å². The highest BCUT2D eigenvalue weighted by atomic mass is 16.2. The number of likely N-dealkylation sites (N-methyl/N-ethyl adjacent to an activating group) is 1. The third-order valence-corrected chi connectivity index (χ3v) is 2.67. The quantitative estimate of drug-likeness (QED) is 0.654. The molecule has 1 unspecified atom stereocenters. The van der Waals surface area contributed by atoms with Gasteiger partial charge in [0.05, 0.1) is 0 Å². The SMILES string of the molecule is CN(CC1CCN1)C(=O)NC1CC1. The Kier molecular flexibility index (Phi) is 2.40. The zero-order valence-corrected chi connectivity index (χ0v) is 8.05. The Bertz CT molecular complexity index is 199. The highest BCUT2D eigenvalue weighted by molar-refractivity contribution is 5.74. The van der Waals surface area contributed by atoms with Crippen molar-refractivity contribution < 1.29 is 4.79 Å². The molecule has 0 aromatic heterocycles. The van der Waals surface area contributed by atoms with Crippen LogP contribution < -0.4 is 10.6 Å². The van der Waals surface area contributed by atoms with E-state index in [0.717, 1.165) is 25.9 Å². The minimum atomic E-state index is 0.0798. The number of nitrogens with one attached hydrogen (secondary N) is 2. The van der Waals surface area contributed by atoms with Crippen LogP contribution in [-0.4, -0.2) is 43.2 Å². The van der Waals surface area contributed by atoms with Gasteiger partial charge in [0.1, 0.15) is 0 Å². The molecule has 2 fully saturated rings. The first-order valence-electron chi connectivity index (χ1n) is 5.01. The number of amides is 2. The van der Waals surface area contributed by atoms with Crippen LogP contribution in [0.2, 0.25) is 0 Å². The number of carbonyl (C=O) groups excluding carboxylic acids is 1. The number of carbonyl (C=O) groups is 1. The van der Waals surface area contributed by atoms with Crippen LogP contribution in [0.3, 0.4) is 0 Å². The summed E-state index contributed by atoms with van der Waals surface area (Å²) in [5.74, 6) is 0. The van der Waals surface area contributed by atoms with Crippen molar-refractivity contribution in [3.63, 3.8) is 0 Å². The maximum atomic E-state index is 11.5. The molecule has 1 aliphatic heterocycles. The molecule has 1 atom stereocenters. The predicted octanol–water partition coefficient (Wildman–Crippen LogP) is 0.152. The number of nitrogens with zero attached hydrogens (tertiary/aromatic N) is 1. The standard InChI is InChI=1S/C9H17N3O/c1-12(6-8-4-5-10-8)9(13)11-7-2-3-7/h7-8,10H,2-6H2,1H3,(H,11,13). The van der Waals surface area contributed by atoms with Gasteiger partial charge in [-0.1, -0.05) is 0 Å². The molecule has 1 saturated heterocycles. The van der Waals surface area contributed by atoms with E-state index in [-0.39, 0.29) is 6.03 Å². The van der Waals surface area contributed by atoms with Gasteiger partial charge in [0, 0.05) is 25.7 Å². The monoisotopic (exact) mass is 183 g/mol. The largest absolute Gasteiger partial charge is 0.335 e. The Morgan fingerprint density at radius 2 is 2.23 bits per heavy atom. The summed E-state index contributed by atoms with van der Waals surface area (Å²) in [6.45, 7) is 1.93. The van der Waals surface area contributed by atoms with E-state index >= 15 is 0 Å². The summed E-state index contributed by atoms with van der Waals surface area (Å²) in [7, 11) is 1.86. The highest BCUT2D eigenvalue weighted by Crippen LogP contribution is 2.18. The molecule has 2 amide bonds. The molecule has 0 bridgehead atoms. The second kappa shape index (κ2) is 3.54. The van der Waals surface area contributed by atoms with Crippen LogP contribution in [0.5, 0.6) is 0 Å². The van der Waals surface area contributed by atoms with Crippen molar-refractivity contribution in [2.75, 3.05) is 20.1 Å². The summed E-state index contributed by atoms with van der Waals surface area (Å²) in [6.07, 6.45) is 3.50. The average Bonchev–Trinajstić information content (AvgIpc) is 2.79. The molecule has 2 aliphatic rings. The zero-order valence-electron chi connectivity index (χ0n) is 8.05. The molecule has 0 aromatic rings. The lowest BCUT2D eigenvalue weighted by atomic mass is 10.1. The van der Waals surface area contributed by atoms with Gasteiger partial charge in [-0.2, -0.15) is 0 Å². The van der Waals surface area contributed by atoms with Crippen molar-refractivity contribution in [1.29, 1.82) is 0 Å².